The lowest BCUT2D eigenvalue weighted by molar-refractivity contribution is 0.0691. The van der Waals surface area contributed by atoms with E-state index >= 15 is 0 Å². The summed E-state index contributed by atoms with van der Waals surface area (Å²) in [5.41, 5.74) is 4.61. The molecule has 146 valence electrons. The van der Waals surface area contributed by atoms with Crippen LogP contribution in [0.1, 0.15) is 40.4 Å². The van der Waals surface area contributed by atoms with Gasteiger partial charge in [0, 0.05) is 17.3 Å². The maximum atomic E-state index is 12.9. The van der Waals surface area contributed by atoms with Crippen molar-refractivity contribution in [3.8, 4) is 11.1 Å². The third-order valence-electron chi connectivity index (χ3n) is 5.36. The van der Waals surface area contributed by atoms with Gasteiger partial charge in [-0.25, -0.2) is 19.5 Å². The van der Waals surface area contributed by atoms with Gasteiger partial charge in [-0.1, -0.05) is 48.5 Å². The highest BCUT2D eigenvalue weighted by atomic mass is 32.1. The van der Waals surface area contributed by atoms with Gasteiger partial charge in [-0.05, 0) is 35.1 Å². The Labute approximate surface area is 171 Å². The molecule has 5 rings (SSSR count). The highest BCUT2D eigenvalue weighted by Crippen LogP contribution is 2.44. The lowest BCUT2D eigenvalue weighted by Gasteiger charge is -2.21. The molecule has 0 saturated heterocycles. The number of carbonyl (C=O) groups is 2. The number of amides is 1. The van der Waals surface area contributed by atoms with Crippen molar-refractivity contribution in [2.24, 2.45) is 0 Å². The highest BCUT2D eigenvalue weighted by Gasteiger charge is 2.38. The van der Waals surface area contributed by atoms with Gasteiger partial charge in [-0.3, -0.25) is 0 Å². The molecule has 0 aliphatic heterocycles. The molecule has 3 aromatic rings. The van der Waals surface area contributed by atoms with Crippen LogP contribution in [-0.2, 0) is 4.74 Å². The number of ether oxygens (including phenoxy) is 1. The van der Waals surface area contributed by atoms with Gasteiger partial charge in [-0.15, -0.1) is 11.3 Å². The van der Waals surface area contributed by atoms with E-state index in [-0.39, 0.29) is 24.3 Å². The largest absolute Gasteiger partial charge is 0.476 e. The number of thiazole rings is 1. The van der Waals surface area contributed by atoms with Crippen molar-refractivity contribution in [3.05, 3.63) is 70.7 Å². The second-order valence-electron chi connectivity index (χ2n) is 7.23. The Morgan fingerprint density at radius 2 is 1.69 bits per heavy atom. The summed E-state index contributed by atoms with van der Waals surface area (Å²) in [6.45, 7) is 0.229. The van der Waals surface area contributed by atoms with E-state index in [0.29, 0.717) is 5.13 Å². The topological polar surface area (TPSA) is 79.7 Å². The number of aromatic carboxylic acids is 1. The van der Waals surface area contributed by atoms with Crippen LogP contribution in [-0.4, -0.2) is 34.8 Å². The van der Waals surface area contributed by atoms with Gasteiger partial charge in [-0.2, -0.15) is 0 Å². The van der Waals surface area contributed by atoms with Crippen LogP contribution in [0.3, 0.4) is 0 Å². The molecule has 0 unspecified atom stereocenters. The Bertz CT molecular complexity index is 1060. The molecule has 1 amide bonds. The number of anilines is 1. The van der Waals surface area contributed by atoms with Crippen LogP contribution in [0.15, 0.2) is 53.9 Å². The SMILES string of the molecule is O=C(O)c1csc(N(C(=O)OCC2c3ccccc3-c3ccccc32)C2CC2)n1. The lowest BCUT2D eigenvalue weighted by Crippen LogP contribution is -2.34. The molecule has 0 spiro atoms. The van der Waals surface area contributed by atoms with Crippen LogP contribution >= 0.6 is 11.3 Å². The first-order chi connectivity index (χ1) is 14.1. The molecule has 7 heteroatoms. The summed E-state index contributed by atoms with van der Waals surface area (Å²) >= 11 is 1.15. The quantitative estimate of drug-likeness (QED) is 0.661. The smallest absolute Gasteiger partial charge is 0.416 e. The van der Waals surface area contributed by atoms with Gasteiger partial charge in [0.15, 0.2) is 10.8 Å². The Morgan fingerprint density at radius 1 is 1.07 bits per heavy atom. The number of carboxylic acid groups (broad SMARTS) is 1. The molecule has 2 aliphatic carbocycles. The molecule has 29 heavy (non-hydrogen) atoms. The molecule has 1 saturated carbocycles. The average Bonchev–Trinajstić information content (AvgIpc) is 3.34. The van der Waals surface area contributed by atoms with E-state index in [1.807, 2.05) is 24.3 Å². The van der Waals surface area contributed by atoms with E-state index in [4.69, 9.17) is 9.84 Å². The van der Waals surface area contributed by atoms with E-state index in [0.717, 1.165) is 35.3 Å². The Morgan fingerprint density at radius 3 is 2.24 bits per heavy atom. The Balaban J connectivity index is 1.37. The maximum Gasteiger partial charge on any atom is 0.416 e. The summed E-state index contributed by atoms with van der Waals surface area (Å²) in [7, 11) is 0. The standard InChI is InChI=1S/C22H18N2O4S/c25-20(26)19-12-29-21(23-19)24(13-9-10-13)22(27)28-11-18-16-7-3-1-5-14(16)15-6-2-4-8-17(15)18/h1-8,12-13,18H,9-11H2,(H,25,26). The van der Waals surface area contributed by atoms with Crippen molar-refractivity contribution < 1.29 is 19.4 Å². The van der Waals surface area contributed by atoms with E-state index < -0.39 is 12.1 Å². The summed E-state index contributed by atoms with van der Waals surface area (Å²) in [4.78, 5) is 29.6. The third-order valence-corrected chi connectivity index (χ3v) is 6.20. The highest BCUT2D eigenvalue weighted by molar-refractivity contribution is 7.14. The van der Waals surface area contributed by atoms with Crippen LogP contribution in [0.4, 0.5) is 9.93 Å². The maximum absolute atomic E-state index is 12.9. The van der Waals surface area contributed by atoms with Crippen LogP contribution in [0.25, 0.3) is 11.1 Å². The van der Waals surface area contributed by atoms with Crippen LogP contribution < -0.4 is 4.90 Å². The van der Waals surface area contributed by atoms with Crippen molar-refractivity contribution in [2.45, 2.75) is 24.8 Å². The predicted octanol–water partition coefficient (Wildman–Crippen LogP) is 4.76. The molecular formula is C22H18N2O4S. The van der Waals surface area contributed by atoms with Crippen LogP contribution in [0.2, 0.25) is 0 Å². The summed E-state index contributed by atoms with van der Waals surface area (Å²) < 4.78 is 5.73. The zero-order chi connectivity index (χ0) is 20.0. The van der Waals surface area contributed by atoms with Crippen molar-refractivity contribution >= 4 is 28.5 Å². The third kappa shape index (κ3) is 3.17. The number of carboxylic acids is 1. The van der Waals surface area contributed by atoms with E-state index in [2.05, 4.69) is 29.2 Å². The lowest BCUT2D eigenvalue weighted by atomic mass is 9.98. The van der Waals surface area contributed by atoms with Crippen LogP contribution in [0.5, 0.6) is 0 Å². The summed E-state index contributed by atoms with van der Waals surface area (Å²) in [6, 6.07) is 16.4. The van der Waals surface area contributed by atoms with Gasteiger partial charge >= 0.3 is 12.1 Å². The predicted molar refractivity (Wildman–Crippen MR) is 110 cm³/mol. The van der Waals surface area contributed by atoms with E-state index in [9.17, 15) is 9.59 Å². The van der Waals surface area contributed by atoms with Gasteiger partial charge < -0.3 is 9.84 Å². The minimum atomic E-state index is -1.10. The van der Waals surface area contributed by atoms with Crippen molar-refractivity contribution in [1.82, 2.24) is 4.98 Å². The first-order valence-electron chi connectivity index (χ1n) is 9.46. The fourth-order valence-corrected chi connectivity index (χ4v) is 4.71. The Hall–Kier alpha value is -3.19. The van der Waals surface area contributed by atoms with E-state index in [1.165, 1.54) is 21.4 Å². The normalized spacial score (nSPS) is 14.9. The minimum Gasteiger partial charge on any atom is -0.476 e. The molecular weight excluding hydrogens is 388 g/mol. The molecule has 1 N–H and O–H groups in total. The van der Waals surface area contributed by atoms with Gasteiger partial charge in [0.05, 0.1) is 0 Å². The number of aromatic nitrogens is 1. The van der Waals surface area contributed by atoms with E-state index in [1.54, 1.807) is 0 Å². The summed E-state index contributed by atoms with van der Waals surface area (Å²) in [5.74, 6) is -1.12. The number of benzene rings is 2. The molecule has 2 aromatic carbocycles. The van der Waals surface area contributed by atoms with Gasteiger partial charge in [0.2, 0.25) is 0 Å². The molecule has 0 radical (unpaired) electrons. The second-order valence-corrected chi connectivity index (χ2v) is 8.06. The fourth-order valence-electron chi connectivity index (χ4n) is 3.85. The van der Waals surface area contributed by atoms with Crippen molar-refractivity contribution in [3.63, 3.8) is 0 Å². The zero-order valence-electron chi connectivity index (χ0n) is 15.4. The zero-order valence-corrected chi connectivity index (χ0v) is 16.3. The number of hydrogen-bond donors (Lipinski definition) is 1. The number of rotatable bonds is 5. The molecule has 0 atom stereocenters. The molecule has 1 fully saturated rings. The first kappa shape index (κ1) is 17.9. The average molecular weight is 406 g/mol. The molecule has 1 aromatic heterocycles. The van der Waals surface area contributed by atoms with Gasteiger partial charge in [0.1, 0.15) is 6.61 Å². The number of carbonyl (C=O) groups excluding carboxylic acids is 1. The first-order valence-corrected chi connectivity index (χ1v) is 10.3. The second kappa shape index (κ2) is 7.00. The molecule has 6 nitrogen and oxygen atoms in total. The number of fused-ring (bicyclic) bond motifs is 3. The minimum absolute atomic E-state index is 0.0155. The number of nitrogens with zero attached hydrogens (tertiary/aromatic N) is 2. The van der Waals surface area contributed by atoms with Gasteiger partial charge in [0.25, 0.3) is 0 Å². The summed E-state index contributed by atoms with van der Waals surface area (Å²) in [5, 5.41) is 10.9. The van der Waals surface area contributed by atoms with Crippen molar-refractivity contribution in [1.29, 1.82) is 0 Å². The molecule has 0 bridgehead atoms. The fraction of sp³-hybridized carbons (Fsp3) is 0.227. The monoisotopic (exact) mass is 406 g/mol. The molecule has 2 aliphatic rings. The number of hydrogen-bond acceptors (Lipinski definition) is 5. The van der Waals surface area contributed by atoms with Crippen LogP contribution in [0, 0.1) is 0 Å². The molecule has 1 heterocycles. The Kier molecular flexibility index (Phi) is 4.32. The summed E-state index contributed by atoms with van der Waals surface area (Å²) in [6.07, 6.45) is 1.26. The van der Waals surface area contributed by atoms with Crippen molar-refractivity contribution in [2.75, 3.05) is 11.5 Å².